The fourth-order valence-corrected chi connectivity index (χ4v) is 3.28. The largest absolute Gasteiger partial charge is 0.393 e. The maximum atomic E-state index is 12.2. The second-order valence-electron chi connectivity index (χ2n) is 6.38. The van der Waals surface area contributed by atoms with E-state index in [0.717, 1.165) is 12.8 Å². The van der Waals surface area contributed by atoms with Crippen molar-refractivity contribution in [3.8, 4) is 0 Å². The molecule has 0 saturated heterocycles. The third kappa shape index (κ3) is 4.54. The highest BCUT2D eigenvalue weighted by Gasteiger charge is 2.16. The maximum Gasteiger partial charge on any atom is 0.271 e. The number of benzene rings is 1. The summed E-state index contributed by atoms with van der Waals surface area (Å²) in [6.07, 6.45) is 8.60. The molecule has 3 rings (SSSR count). The van der Waals surface area contributed by atoms with Crippen molar-refractivity contribution in [3.63, 3.8) is 0 Å². The van der Waals surface area contributed by atoms with Crippen LogP contribution in [0.25, 0.3) is 0 Å². The summed E-state index contributed by atoms with van der Waals surface area (Å²) in [6, 6.07) is 7.17. The van der Waals surface area contributed by atoms with Crippen LogP contribution < -0.4 is 21.9 Å². The first-order valence-corrected chi connectivity index (χ1v) is 9.21. The Balaban J connectivity index is 1.65. The summed E-state index contributed by atoms with van der Waals surface area (Å²) in [7, 11) is 0. The van der Waals surface area contributed by atoms with E-state index in [9.17, 15) is 4.79 Å². The van der Waals surface area contributed by atoms with Gasteiger partial charge in [-0.15, -0.1) is 0 Å². The lowest BCUT2D eigenvalue weighted by atomic mass is 10.1. The first-order chi connectivity index (χ1) is 12.6. The second-order valence-corrected chi connectivity index (χ2v) is 6.78. The van der Waals surface area contributed by atoms with Crippen LogP contribution in [0.5, 0.6) is 0 Å². The van der Waals surface area contributed by atoms with E-state index in [1.807, 2.05) is 0 Å². The molecule has 1 aliphatic carbocycles. The van der Waals surface area contributed by atoms with Crippen LogP contribution in [0.15, 0.2) is 30.6 Å². The van der Waals surface area contributed by atoms with Crippen LogP contribution in [0.3, 0.4) is 0 Å². The summed E-state index contributed by atoms with van der Waals surface area (Å²) in [6.45, 7) is 0. The van der Waals surface area contributed by atoms with E-state index in [2.05, 4.69) is 26.1 Å². The molecule has 1 aromatic heterocycles. The summed E-state index contributed by atoms with van der Waals surface area (Å²) in [5, 5.41) is 3.78. The zero-order valence-corrected chi connectivity index (χ0v) is 15.2. The molecule has 5 N–H and O–H groups in total. The van der Waals surface area contributed by atoms with Gasteiger partial charge in [0.05, 0.1) is 10.6 Å². The molecule has 0 aliphatic heterocycles. The van der Waals surface area contributed by atoms with E-state index >= 15 is 0 Å². The predicted molar refractivity (Wildman–Crippen MR) is 104 cm³/mol. The highest BCUT2D eigenvalue weighted by molar-refractivity contribution is 6.33. The van der Waals surface area contributed by atoms with Gasteiger partial charge in [-0.2, -0.15) is 0 Å². The van der Waals surface area contributed by atoms with Crippen LogP contribution >= 0.6 is 11.6 Å². The molecule has 7 nitrogen and oxygen atoms in total. The third-order valence-electron chi connectivity index (χ3n) is 4.49. The summed E-state index contributed by atoms with van der Waals surface area (Å²) in [4.78, 5) is 20.6. The number of aromatic nitrogens is 2. The molecule has 1 aliphatic rings. The standard InChI is InChI=1S/C18H23ClN6O/c19-14-10-6-5-9-13(14)18(26)25-24-17-15(20)16(21-11-22-17)23-12-7-3-1-2-4-8-12/h5-6,9-12H,1-4,7-8,20H2,(H,25,26)(H2,21,22,23,24). The van der Waals surface area contributed by atoms with E-state index in [1.165, 1.54) is 32.0 Å². The van der Waals surface area contributed by atoms with Crippen molar-refractivity contribution in [1.82, 2.24) is 15.4 Å². The van der Waals surface area contributed by atoms with Gasteiger partial charge in [0.1, 0.15) is 12.0 Å². The van der Waals surface area contributed by atoms with Crippen LogP contribution in [0.1, 0.15) is 48.9 Å². The SMILES string of the molecule is Nc1c(NNC(=O)c2ccccc2Cl)ncnc1NC1CCCCCC1. The molecule has 0 unspecified atom stereocenters. The molecule has 2 aromatic rings. The highest BCUT2D eigenvalue weighted by atomic mass is 35.5. The van der Waals surface area contributed by atoms with Gasteiger partial charge in [0.2, 0.25) is 0 Å². The number of nitrogen functional groups attached to an aromatic ring is 1. The van der Waals surface area contributed by atoms with Gasteiger partial charge in [-0.25, -0.2) is 9.97 Å². The summed E-state index contributed by atoms with van der Waals surface area (Å²) in [5.41, 5.74) is 12.2. The first-order valence-electron chi connectivity index (χ1n) is 8.83. The monoisotopic (exact) mass is 374 g/mol. The zero-order valence-electron chi connectivity index (χ0n) is 14.5. The number of anilines is 3. The highest BCUT2D eigenvalue weighted by Crippen LogP contribution is 2.26. The molecule has 138 valence electrons. The predicted octanol–water partition coefficient (Wildman–Crippen LogP) is 3.60. The number of amides is 1. The molecule has 26 heavy (non-hydrogen) atoms. The minimum atomic E-state index is -0.369. The van der Waals surface area contributed by atoms with Crippen molar-refractivity contribution < 1.29 is 4.79 Å². The second kappa shape index (κ2) is 8.71. The van der Waals surface area contributed by atoms with Crippen LogP contribution in [-0.4, -0.2) is 21.9 Å². The summed E-state index contributed by atoms with van der Waals surface area (Å²) < 4.78 is 0. The van der Waals surface area contributed by atoms with Gasteiger partial charge in [-0.1, -0.05) is 49.4 Å². The van der Waals surface area contributed by atoms with Crippen LogP contribution in [0, 0.1) is 0 Å². The number of halogens is 1. The molecule has 1 saturated carbocycles. The molecule has 0 spiro atoms. The van der Waals surface area contributed by atoms with Crippen molar-refractivity contribution in [1.29, 1.82) is 0 Å². The molecule has 0 radical (unpaired) electrons. The van der Waals surface area contributed by atoms with Gasteiger partial charge >= 0.3 is 0 Å². The number of hydrogen-bond donors (Lipinski definition) is 4. The lowest BCUT2D eigenvalue weighted by Gasteiger charge is -2.19. The average molecular weight is 375 g/mol. The maximum absolute atomic E-state index is 12.2. The van der Waals surface area contributed by atoms with Crippen LogP contribution in [0.4, 0.5) is 17.3 Å². The molecule has 1 fully saturated rings. The number of hydrazine groups is 1. The number of nitrogens with two attached hydrogens (primary N) is 1. The fourth-order valence-electron chi connectivity index (χ4n) is 3.06. The minimum absolute atomic E-state index is 0.344. The van der Waals surface area contributed by atoms with E-state index in [-0.39, 0.29) is 5.91 Å². The van der Waals surface area contributed by atoms with Crippen LogP contribution in [-0.2, 0) is 0 Å². The van der Waals surface area contributed by atoms with Crippen molar-refractivity contribution in [2.45, 2.75) is 44.6 Å². The van der Waals surface area contributed by atoms with Crippen molar-refractivity contribution in [2.24, 2.45) is 0 Å². The van der Waals surface area contributed by atoms with Gasteiger partial charge < -0.3 is 11.1 Å². The van der Waals surface area contributed by atoms with Crippen molar-refractivity contribution in [2.75, 3.05) is 16.5 Å². The number of rotatable bonds is 5. The fraction of sp³-hybridized carbons (Fsp3) is 0.389. The molecule has 1 heterocycles. The molecule has 1 amide bonds. The van der Waals surface area contributed by atoms with Crippen molar-refractivity contribution in [3.05, 3.63) is 41.2 Å². The van der Waals surface area contributed by atoms with E-state index in [4.69, 9.17) is 17.3 Å². The van der Waals surface area contributed by atoms with Gasteiger partial charge in [-0.3, -0.25) is 15.6 Å². The number of carbonyl (C=O) groups is 1. The molecule has 1 aromatic carbocycles. The Kier molecular flexibility index (Phi) is 6.12. The Morgan fingerprint density at radius 1 is 1.08 bits per heavy atom. The Morgan fingerprint density at radius 3 is 2.50 bits per heavy atom. The lowest BCUT2D eigenvalue weighted by Crippen LogP contribution is -2.31. The Bertz CT molecular complexity index is 761. The first kappa shape index (κ1) is 18.3. The molecular formula is C18H23ClN6O. The Morgan fingerprint density at radius 2 is 1.77 bits per heavy atom. The Hall–Kier alpha value is -2.54. The van der Waals surface area contributed by atoms with Gasteiger partial charge in [0.15, 0.2) is 11.6 Å². The van der Waals surface area contributed by atoms with E-state index < -0.39 is 0 Å². The third-order valence-corrected chi connectivity index (χ3v) is 4.82. The molecular weight excluding hydrogens is 352 g/mol. The van der Waals surface area contributed by atoms with Crippen molar-refractivity contribution >= 4 is 34.8 Å². The number of hydrogen-bond acceptors (Lipinski definition) is 6. The zero-order chi connectivity index (χ0) is 18.4. The van der Waals surface area contributed by atoms with Gasteiger partial charge in [0.25, 0.3) is 5.91 Å². The normalized spacial score (nSPS) is 15.1. The topological polar surface area (TPSA) is 105 Å². The van der Waals surface area contributed by atoms with E-state index in [1.54, 1.807) is 24.3 Å². The molecule has 0 atom stereocenters. The van der Waals surface area contributed by atoms with Gasteiger partial charge in [-0.05, 0) is 25.0 Å². The Labute approximate surface area is 157 Å². The van der Waals surface area contributed by atoms with Crippen LogP contribution in [0.2, 0.25) is 5.02 Å². The minimum Gasteiger partial charge on any atom is -0.393 e. The van der Waals surface area contributed by atoms with E-state index in [0.29, 0.717) is 34.0 Å². The molecule has 8 heteroatoms. The number of carbonyl (C=O) groups excluding carboxylic acids is 1. The summed E-state index contributed by atoms with van der Waals surface area (Å²) >= 11 is 6.03. The average Bonchev–Trinajstić information content (AvgIpc) is 2.91. The molecule has 0 bridgehead atoms. The quantitative estimate of drug-likeness (QED) is 0.470. The van der Waals surface area contributed by atoms with Gasteiger partial charge in [0, 0.05) is 6.04 Å². The smallest absolute Gasteiger partial charge is 0.271 e. The number of nitrogens with zero attached hydrogens (tertiary/aromatic N) is 2. The number of nitrogens with one attached hydrogen (secondary N) is 3. The summed E-state index contributed by atoms with van der Waals surface area (Å²) in [5.74, 6) is 0.560. The lowest BCUT2D eigenvalue weighted by molar-refractivity contribution is 0.0962.